The number of rotatable bonds is 6. The molecular weight excluding hydrogens is 590 g/mol. The Morgan fingerprint density at radius 1 is 1.13 bits per heavy atom. The number of ether oxygens (including phenoxy) is 3. The molecule has 0 saturated carbocycles. The van der Waals surface area contributed by atoms with Gasteiger partial charge in [0.05, 0.1) is 24.8 Å². The minimum Gasteiger partial charge on any atom is -0.472 e. The highest BCUT2D eigenvalue weighted by Gasteiger charge is 2.47. The lowest BCUT2D eigenvalue weighted by atomic mass is 9.96. The van der Waals surface area contributed by atoms with Crippen LogP contribution in [0.1, 0.15) is 25.3 Å². The Kier molecular flexibility index (Phi) is 7.24. The van der Waals surface area contributed by atoms with Gasteiger partial charge in [-0.15, -0.1) is 6.42 Å². The van der Waals surface area contributed by atoms with Gasteiger partial charge in [-0.2, -0.15) is 9.97 Å². The Labute approximate surface area is 265 Å². The highest BCUT2D eigenvalue weighted by molar-refractivity contribution is 6.03. The van der Waals surface area contributed by atoms with Crippen LogP contribution in [0.15, 0.2) is 42.5 Å². The maximum absolute atomic E-state index is 17.0. The standard InChI is InChI=1S/C35H34F2N6O3/c1-4-23-25(36)10-8-21-6-5-7-24(27(21)23)30-29(37)31-28-33(41-35(40-31)45-18-19(2)16-42-12-14-44-15-13-42)43-17-22-9-11-26(38-22)32(43)20(3)46-34(28)39-30/h1,5-8,10,20,22,26,32,38H,2,9,11-18H2,3H3/t20-,22+,26-,32+/m0/s1. The molecule has 4 aliphatic rings. The SMILES string of the molecule is C#Cc1c(F)ccc2cccc(-c3nc4c5c(nc(OCC(=C)CN6CCOCC6)nc5c3F)N3C[C@H]5CC[C@H](N5)[C@H]3[C@H](C)O4)c12. The molecular formula is C35H34F2N6O3. The number of pyridine rings is 1. The minimum absolute atomic E-state index is 0.0215. The van der Waals surface area contributed by atoms with Crippen LogP contribution in [0, 0.1) is 24.0 Å². The van der Waals surface area contributed by atoms with Crippen molar-refractivity contribution in [1.29, 1.82) is 0 Å². The van der Waals surface area contributed by atoms with Crippen LogP contribution in [0.2, 0.25) is 0 Å². The number of morpholine rings is 1. The van der Waals surface area contributed by atoms with E-state index in [-0.39, 0.29) is 59.5 Å². The number of piperazine rings is 1. The summed E-state index contributed by atoms with van der Waals surface area (Å²) >= 11 is 0. The normalized spacial score (nSPS) is 23.9. The highest BCUT2D eigenvalue weighted by atomic mass is 19.1. The van der Waals surface area contributed by atoms with E-state index in [0.29, 0.717) is 53.8 Å². The predicted octanol–water partition coefficient (Wildman–Crippen LogP) is 4.46. The molecule has 4 aromatic rings. The molecule has 0 unspecified atom stereocenters. The Morgan fingerprint density at radius 2 is 1.98 bits per heavy atom. The van der Waals surface area contributed by atoms with Gasteiger partial charge in [-0.25, -0.2) is 13.8 Å². The Balaban J connectivity index is 1.28. The molecule has 46 heavy (non-hydrogen) atoms. The van der Waals surface area contributed by atoms with Crippen molar-refractivity contribution in [3.05, 3.63) is 59.7 Å². The van der Waals surface area contributed by atoms with Crippen LogP contribution in [-0.4, -0.2) is 90.1 Å². The smallest absolute Gasteiger partial charge is 0.319 e. The molecule has 3 saturated heterocycles. The van der Waals surface area contributed by atoms with Crippen molar-refractivity contribution in [3.8, 4) is 35.5 Å². The molecule has 236 valence electrons. The molecule has 1 N–H and O–H groups in total. The first kappa shape index (κ1) is 29.1. The summed E-state index contributed by atoms with van der Waals surface area (Å²) in [5.41, 5.74) is 1.23. The molecule has 0 radical (unpaired) electrons. The number of aromatic nitrogens is 3. The molecule has 2 aromatic heterocycles. The first-order chi connectivity index (χ1) is 22.4. The van der Waals surface area contributed by atoms with Gasteiger partial charge in [0.15, 0.2) is 5.82 Å². The second-order valence-corrected chi connectivity index (χ2v) is 12.5. The summed E-state index contributed by atoms with van der Waals surface area (Å²) in [6, 6.07) is 8.63. The fraction of sp³-hybridized carbons (Fsp3) is 0.400. The van der Waals surface area contributed by atoms with E-state index in [4.69, 9.17) is 30.6 Å². The molecule has 2 bridgehead atoms. The van der Waals surface area contributed by atoms with Crippen molar-refractivity contribution in [3.63, 3.8) is 0 Å². The van der Waals surface area contributed by atoms with Crippen LogP contribution in [0.3, 0.4) is 0 Å². The lowest BCUT2D eigenvalue weighted by Crippen LogP contribution is -2.62. The number of hydrogen-bond donors (Lipinski definition) is 1. The Hall–Kier alpha value is -4.37. The largest absolute Gasteiger partial charge is 0.472 e. The first-order valence-electron chi connectivity index (χ1n) is 15.8. The van der Waals surface area contributed by atoms with Crippen molar-refractivity contribution in [1.82, 2.24) is 25.2 Å². The maximum Gasteiger partial charge on any atom is 0.319 e. The summed E-state index contributed by atoms with van der Waals surface area (Å²) in [4.78, 5) is 18.7. The number of nitrogens with one attached hydrogen (secondary N) is 1. The van der Waals surface area contributed by atoms with Crippen molar-refractivity contribution < 1.29 is 23.0 Å². The third-order valence-corrected chi connectivity index (χ3v) is 9.58. The van der Waals surface area contributed by atoms with E-state index in [1.165, 1.54) is 6.07 Å². The first-order valence-corrected chi connectivity index (χ1v) is 15.8. The van der Waals surface area contributed by atoms with Crippen LogP contribution in [0.4, 0.5) is 14.6 Å². The average molecular weight is 625 g/mol. The van der Waals surface area contributed by atoms with Crippen LogP contribution >= 0.6 is 0 Å². The van der Waals surface area contributed by atoms with Gasteiger partial charge in [-0.3, -0.25) is 4.90 Å². The number of halogens is 2. The van der Waals surface area contributed by atoms with Crippen LogP contribution in [0.5, 0.6) is 11.9 Å². The van der Waals surface area contributed by atoms with Gasteiger partial charge in [0.1, 0.15) is 40.9 Å². The topological polar surface area (TPSA) is 84.9 Å². The summed E-state index contributed by atoms with van der Waals surface area (Å²) in [6.07, 6.45) is 7.49. The lowest BCUT2D eigenvalue weighted by molar-refractivity contribution is 0.0414. The minimum atomic E-state index is -0.688. The molecule has 8 rings (SSSR count). The molecule has 11 heteroatoms. The van der Waals surface area contributed by atoms with Gasteiger partial charge < -0.3 is 24.4 Å². The van der Waals surface area contributed by atoms with Crippen molar-refractivity contribution >= 4 is 27.5 Å². The van der Waals surface area contributed by atoms with Gasteiger partial charge in [-0.05, 0) is 36.8 Å². The van der Waals surface area contributed by atoms with E-state index < -0.39 is 11.6 Å². The summed E-state index contributed by atoms with van der Waals surface area (Å²) in [6.45, 7) is 10.7. The Bertz CT molecular complexity index is 1920. The molecule has 4 aliphatic heterocycles. The van der Waals surface area contributed by atoms with Crippen molar-refractivity contribution in [2.45, 2.75) is 44.0 Å². The molecule has 2 aromatic carbocycles. The molecule has 3 fully saturated rings. The molecule has 9 nitrogen and oxygen atoms in total. The zero-order chi connectivity index (χ0) is 31.5. The number of terminal acetylenes is 1. The van der Waals surface area contributed by atoms with E-state index in [1.807, 2.05) is 13.0 Å². The van der Waals surface area contributed by atoms with E-state index in [9.17, 15) is 4.39 Å². The fourth-order valence-electron chi connectivity index (χ4n) is 7.51. The average Bonchev–Trinajstić information content (AvgIpc) is 3.39. The van der Waals surface area contributed by atoms with Crippen LogP contribution in [0.25, 0.3) is 32.9 Å². The summed E-state index contributed by atoms with van der Waals surface area (Å²) in [5, 5.41) is 5.17. The zero-order valence-electron chi connectivity index (χ0n) is 25.6. The summed E-state index contributed by atoms with van der Waals surface area (Å²) in [7, 11) is 0. The van der Waals surface area contributed by atoms with Crippen LogP contribution in [-0.2, 0) is 4.74 Å². The van der Waals surface area contributed by atoms with Gasteiger partial charge in [0.25, 0.3) is 0 Å². The van der Waals surface area contributed by atoms with Crippen molar-refractivity contribution in [2.75, 3.05) is 50.9 Å². The number of benzene rings is 2. The molecule has 6 heterocycles. The zero-order valence-corrected chi connectivity index (χ0v) is 25.6. The quantitative estimate of drug-likeness (QED) is 0.247. The maximum atomic E-state index is 17.0. The van der Waals surface area contributed by atoms with E-state index >= 15 is 4.39 Å². The monoisotopic (exact) mass is 624 g/mol. The third-order valence-electron chi connectivity index (χ3n) is 9.58. The van der Waals surface area contributed by atoms with Gasteiger partial charge in [0, 0.05) is 49.2 Å². The summed E-state index contributed by atoms with van der Waals surface area (Å²) in [5.74, 6) is 1.95. The molecule has 4 atom stereocenters. The Morgan fingerprint density at radius 3 is 2.80 bits per heavy atom. The number of nitrogens with zero attached hydrogens (tertiary/aromatic N) is 5. The van der Waals surface area contributed by atoms with Gasteiger partial charge in [0.2, 0.25) is 5.88 Å². The van der Waals surface area contributed by atoms with Gasteiger partial charge in [-0.1, -0.05) is 36.8 Å². The third kappa shape index (κ3) is 4.83. The number of anilines is 1. The highest BCUT2D eigenvalue weighted by Crippen LogP contribution is 2.45. The number of fused-ring (bicyclic) bond motifs is 6. The molecule has 0 amide bonds. The van der Waals surface area contributed by atoms with Gasteiger partial charge >= 0.3 is 6.01 Å². The number of hydrogen-bond acceptors (Lipinski definition) is 9. The van der Waals surface area contributed by atoms with E-state index in [2.05, 4.69) is 32.6 Å². The van der Waals surface area contributed by atoms with Crippen LogP contribution < -0.4 is 19.7 Å². The second kappa shape index (κ2) is 11.5. The van der Waals surface area contributed by atoms with Crippen molar-refractivity contribution in [2.24, 2.45) is 0 Å². The summed E-state index contributed by atoms with van der Waals surface area (Å²) < 4.78 is 50.1. The molecule has 0 aliphatic carbocycles. The lowest BCUT2D eigenvalue weighted by Gasteiger charge is -2.42. The predicted molar refractivity (Wildman–Crippen MR) is 171 cm³/mol. The second-order valence-electron chi connectivity index (χ2n) is 12.5. The molecule has 0 spiro atoms. The van der Waals surface area contributed by atoms with E-state index in [1.54, 1.807) is 18.2 Å². The van der Waals surface area contributed by atoms with E-state index in [0.717, 1.165) is 31.5 Å². The fourth-order valence-corrected chi connectivity index (χ4v) is 7.51.